The second-order valence-electron chi connectivity index (χ2n) is 6.65. The third kappa shape index (κ3) is 2.88. The van der Waals surface area contributed by atoms with Crippen LogP contribution in [-0.2, 0) is 25.9 Å². The summed E-state index contributed by atoms with van der Waals surface area (Å²) < 4.78 is 7.15. The van der Waals surface area contributed by atoms with E-state index in [1.165, 1.54) is 29.7 Å². The maximum absolute atomic E-state index is 12.2. The molecule has 0 saturated heterocycles. The van der Waals surface area contributed by atoms with Gasteiger partial charge in [-0.05, 0) is 49.7 Å². The zero-order valence-electron chi connectivity index (χ0n) is 12.8. The maximum atomic E-state index is 12.2. The summed E-state index contributed by atoms with van der Waals surface area (Å²) in [6.07, 6.45) is 9.18. The number of pyridine rings is 1. The fourth-order valence-electron chi connectivity index (χ4n) is 3.41. The van der Waals surface area contributed by atoms with E-state index in [2.05, 4.69) is 5.32 Å². The lowest BCUT2D eigenvalue weighted by atomic mass is 9.91. The van der Waals surface area contributed by atoms with Gasteiger partial charge < -0.3 is 14.3 Å². The normalized spacial score (nSPS) is 20.8. The summed E-state index contributed by atoms with van der Waals surface area (Å²) in [7, 11) is 0. The quantitative estimate of drug-likeness (QED) is 0.922. The van der Waals surface area contributed by atoms with Gasteiger partial charge in [0.25, 0.3) is 5.56 Å². The molecule has 2 aromatic rings. The van der Waals surface area contributed by atoms with E-state index < -0.39 is 0 Å². The van der Waals surface area contributed by atoms with Crippen LogP contribution in [-0.4, -0.2) is 10.6 Å². The highest BCUT2D eigenvalue weighted by Crippen LogP contribution is 2.31. The molecule has 0 unspecified atom stereocenters. The van der Waals surface area contributed by atoms with Gasteiger partial charge in [-0.25, -0.2) is 0 Å². The molecular weight excluding hydrogens is 276 g/mol. The Morgan fingerprint density at radius 1 is 1.23 bits per heavy atom. The summed E-state index contributed by atoms with van der Waals surface area (Å²) >= 11 is 0. The smallest absolute Gasteiger partial charge is 0.250 e. The molecule has 1 atom stereocenters. The van der Waals surface area contributed by atoms with Crippen LogP contribution in [0, 0.1) is 5.92 Å². The summed E-state index contributed by atoms with van der Waals surface area (Å²) in [5, 5.41) is 3.60. The number of aromatic nitrogens is 1. The van der Waals surface area contributed by atoms with Gasteiger partial charge in [0.1, 0.15) is 0 Å². The van der Waals surface area contributed by atoms with Gasteiger partial charge in [-0.2, -0.15) is 0 Å². The van der Waals surface area contributed by atoms with Crippen molar-refractivity contribution in [2.24, 2.45) is 5.92 Å². The van der Waals surface area contributed by atoms with Gasteiger partial charge in [-0.15, -0.1) is 0 Å². The minimum atomic E-state index is 0.176. The Hall–Kier alpha value is -1.81. The molecule has 0 radical (unpaired) electrons. The molecule has 22 heavy (non-hydrogen) atoms. The summed E-state index contributed by atoms with van der Waals surface area (Å²) in [4.78, 5) is 12.2. The molecule has 2 aromatic heterocycles. The first-order chi connectivity index (χ1) is 10.8. The first-order valence-corrected chi connectivity index (χ1v) is 8.25. The van der Waals surface area contributed by atoms with E-state index in [9.17, 15) is 4.79 Å². The maximum Gasteiger partial charge on any atom is 0.250 e. The van der Waals surface area contributed by atoms with E-state index in [1.54, 1.807) is 18.6 Å². The van der Waals surface area contributed by atoms with Crippen molar-refractivity contribution in [2.45, 2.75) is 51.2 Å². The first-order valence-electron chi connectivity index (χ1n) is 8.25. The van der Waals surface area contributed by atoms with E-state index in [0.717, 1.165) is 38.3 Å². The largest absolute Gasteiger partial charge is 0.472 e. The van der Waals surface area contributed by atoms with E-state index >= 15 is 0 Å². The zero-order chi connectivity index (χ0) is 14.9. The van der Waals surface area contributed by atoms with Crippen LogP contribution < -0.4 is 10.9 Å². The van der Waals surface area contributed by atoms with Gasteiger partial charge in [-0.1, -0.05) is 6.07 Å². The number of hydrogen-bond donors (Lipinski definition) is 1. The molecule has 2 heterocycles. The molecule has 116 valence electrons. The average molecular weight is 298 g/mol. The zero-order valence-corrected chi connectivity index (χ0v) is 12.8. The number of fused-ring (bicyclic) bond motifs is 1. The molecule has 4 rings (SSSR count). The number of furan rings is 1. The van der Waals surface area contributed by atoms with Crippen LogP contribution in [0.3, 0.4) is 0 Å². The number of rotatable bonds is 5. The van der Waals surface area contributed by atoms with Crippen LogP contribution in [0.25, 0.3) is 0 Å². The van der Waals surface area contributed by atoms with Crippen molar-refractivity contribution < 1.29 is 4.42 Å². The molecule has 0 bridgehead atoms. The third-order valence-electron chi connectivity index (χ3n) is 4.90. The number of hydrogen-bond acceptors (Lipinski definition) is 3. The van der Waals surface area contributed by atoms with Gasteiger partial charge in [0.05, 0.1) is 12.5 Å². The van der Waals surface area contributed by atoms with Crippen LogP contribution in [0.4, 0.5) is 0 Å². The van der Waals surface area contributed by atoms with Crippen LogP contribution in [0.15, 0.2) is 39.9 Å². The summed E-state index contributed by atoms with van der Waals surface area (Å²) in [5.41, 5.74) is 3.98. The lowest BCUT2D eigenvalue weighted by Gasteiger charge is -2.27. The highest BCUT2D eigenvalue weighted by Gasteiger charge is 2.26. The van der Waals surface area contributed by atoms with Gasteiger partial charge in [0.2, 0.25) is 0 Å². The molecule has 4 heteroatoms. The Morgan fingerprint density at radius 2 is 2.14 bits per heavy atom. The number of nitrogens with one attached hydrogen (secondary N) is 1. The molecule has 2 aliphatic rings. The lowest BCUT2D eigenvalue weighted by molar-refractivity contribution is 0.435. The Balaban J connectivity index is 1.47. The third-order valence-corrected chi connectivity index (χ3v) is 4.90. The molecule has 1 saturated carbocycles. The molecule has 0 amide bonds. The SMILES string of the molecule is O=c1ccc2c(n1CC1CC1)CC[C@@H](NCc1ccoc1)C2. The van der Waals surface area contributed by atoms with Gasteiger partial charge in [0, 0.05) is 36.5 Å². The van der Waals surface area contributed by atoms with Crippen LogP contribution in [0.2, 0.25) is 0 Å². The average Bonchev–Trinajstić information content (AvgIpc) is 3.20. The van der Waals surface area contributed by atoms with Gasteiger partial charge in [-0.3, -0.25) is 4.79 Å². The fourth-order valence-corrected chi connectivity index (χ4v) is 3.41. The minimum Gasteiger partial charge on any atom is -0.472 e. The second kappa shape index (κ2) is 5.76. The lowest BCUT2D eigenvalue weighted by Crippen LogP contribution is -2.37. The standard InChI is InChI=1S/C18H22N2O2/c21-18-6-3-15-9-16(19-10-14-7-8-22-12-14)4-5-17(15)20(18)11-13-1-2-13/h3,6-8,12-13,16,19H,1-2,4-5,9-11H2/t16-/m1/s1. The predicted molar refractivity (Wildman–Crippen MR) is 84.8 cm³/mol. The van der Waals surface area contributed by atoms with Crippen LogP contribution in [0.5, 0.6) is 0 Å². The summed E-state index contributed by atoms with van der Waals surface area (Å²) in [6, 6.07) is 6.26. The fraction of sp³-hybridized carbons (Fsp3) is 0.500. The van der Waals surface area contributed by atoms with Gasteiger partial charge in [0.15, 0.2) is 0 Å². The molecular formula is C18H22N2O2. The highest BCUT2D eigenvalue weighted by atomic mass is 16.3. The van der Waals surface area contributed by atoms with Crippen molar-refractivity contribution in [1.29, 1.82) is 0 Å². The van der Waals surface area contributed by atoms with Gasteiger partial charge >= 0.3 is 0 Å². The molecule has 2 aliphatic carbocycles. The Morgan fingerprint density at radius 3 is 2.91 bits per heavy atom. The molecule has 0 spiro atoms. The number of nitrogens with zero attached hydrogens (tertiary/aromatic N) is 1. The molecule has 1 fully saturated rings. The molecule has 0 aliphatic heterocycles. The Labute approximate surface area is 130 Å². The summed E-state index contributed by atoms with van der Waals surface area (Å²) in [5.74, 6) is 0.737. The second-order valence-corrected chi connectivity index (χ2v) is 6.65. The Bertz CT molecular complexity index is 698. The Kier molecular flexibility index (Phi) is 3.62. The van der Waals surface area contributed by atoms with Crippen molar-refractivity contribution in [2.75, 3.05) is 0 Å². The van der Waals surface area contributed by atoms with Crippen molar-refractivity contribution >= 4 is 0 Å². The highest BCUT2D eigenvalue weighted by molar-refractivity contribution is 5.26. The van der Waals surface area contributed by atoms with E-state index in [-0.39, 0.29) is 5.56 Å². The minimum absolute atomic E-state index is 0.176. The van der Waals surface area contributed by atoms with Crippen molar-refractivity contribution in [1.82, 2.24) is 9.88 Å². The molecule has 1 N–H and O–H groups in total. The van der Waals surface area contributed by atoms with E-state index in [1.807, 2.05) is 16.7 Å². The van der Waals surface area contributed by atoms with Crippen molar-refractivity contribution in [3.8, 4) is 0 Å². The molecule has 4 nitrogen and oxygen atoms in total. The van der Waals surface area contributed by atoms with E-state index in [0.29, 0.717) is 6.04 Å². The van der Waals surface area contributed by atoms with E-state index in [4.69, 9.17) is 4.42 Å². The first kappa shape index (κ1) is 13.8. The summed E-state index contributed by atoms with van der Waals surface area (Å²) in [6.45, 7) is 1.77. The molecule has 0 aromatic carbocycles. The monoisotopic (exact) mass is 298 g/mol. The van der Waals surface area contributed by atoms with Crippen molar-refractivity contribution in [3.05, 3.63) is 57.9 Å². The predicted octanol–water partition coefficient (Wildman–Crippen LogP) is 2.50. The van der Waals surface area contributed by atoms with Crippen molar-refractivity contribution in [3.63, 3.8) is 0 Å². The topological polar surface area (TPSA) is 47.2 Å². The van der Waals surface area contributed by atoms with Crippen LogP contribution >= 0.6 is 0 Å². The van der Waals surface area contributed by atoms with Crippen LogP contribution in [0.1, 0.15) is 36.1 Å².